The highest BCUT2D eigenvalue weighted by Crippen LogP contribution is 2.15. The van der Waals surface area contributed by atoms with Crippen molar-refractivity contribution in [3.63, 3.8) is 0 Å². The fourth-order valence-electron chi connectivity index (χ4n) is 1.82. The van der Waals surface area contributed by atoms with Crippen molar-refractivity contribution in [1.29, 1.82) is 0 Å². The van der Waals surface area contributed by atoms with Gasteiger partial charge in [-0.3, -0.25) is 9.78 Å². The third-order valence-corrected chi connectivity index (χ3v) is 3.03. The van der Waals surface area contributed by atoms with E-state index in [2.05, 4.69) is 17.2 Å². The number of carbonyl (C=O) groups excluding carboxylic acids is 1. The lowest BCUT2D eigenvalue weighted by molar-refractivity contribution is 0.0943. The molecule has 1 heterocycles. The van der Waals surface area contributed by atoms with Crippen molar-refractivity contribution in [2.45, 2.75) is 26.2 Å². The number of hydrogen-bond acceptors (Lipinski definition) is 3. The summed E-state index contributed by atoms with van der Waals surface area (Å²) >= 11 is 5.73. The number of halogens is 1. The maximum atomic E-state index is 11.8. The zero-order chi connectivity index (χ0) is 13.4. The molecule has 0 aromatic carbocycles. The van der Waals surface area contributed by atoms with Crippen LogP contribution in [0, 0.1) is 5.92 Å². The molecular weight excluding hydrogens is 252 g/mol. The number of aromatic hydroxyl groups is 1. The molecule has 0 spiro atoms. The van der Waals surface area contributed by atoms with E-state index in [-0.39, 0.29) is 17.2 Å². The summed E-state index contributed by atoms with van der Waals surface area (Å²) in [6.45, 7) is 2.69. The van der Waals surface area contributed by atoms with Gasteiger partial charge >= 0.3 is 0 Å². The monoisotopic (exact) mass is 270 g/mol. The molecule has 1 amide bonds. The van der Waals surface area contributed by atoms with Crippen LogP contribution in [0.2, 0.25) is 0 Å². The highest BCUT2D eigenvalue weighted by Gasteiger charge is 2.13. The molecule has 0 aliphatic rings. The van der Waals surface area contributed by atoms with Crippen LogP contribution < -0.4 is 5.32 Å². The lowest BCUT2D eigenvalue weighted by Crippen LogP contribution is -2.29. The molecular formula is C13H19ClN2O2. The first-order chi connectivity index (χ1) is 8.69. The third-order valence-electron chi connectivity index (χ3n) is 2.81. The van der Waals surface area contributed by atoms with Crippen LogP contribution in [0.3, 0.4) is 0 Å². The van der Waals surface area contributed by atoms with Crippen LogP contribution in [0.15, 0.2) is 18.5 Å². The molecule has 5 heteroatoms. The van der Waals surface area contributed by atoms with Gasteiger partial charge in [0.25, 0.3) is 5.91 Å². The van der Waals surface area contributed by atoms with Crippen LogP contribution >= 0.6 is 11.6 Å². The van der Waals surface area contributed by atoms with E-state index < -0.39 is 0 Å². The summed E-state index contributed by atoms with van der Waals surface area (Å²) in [6, 6.07) is 1.50. The van der Waals surface area contributed by atoms with Gasteiger partial charge in [-0.2, -0.15) is 0 Å². The molecule has 2 N–H and O–H groups in total. The zero-order valence-corrected chi connectivity index (χ0v) is 11.3. The number of alkyl halides is 1. The van der Waals surface area contributed by atoms with Crippen LogP contribution in [0.25, 0.3) is 0 Å². The number of nitrogens with one attached hydrogen (secondary N) is 1. The minimum Gasteiger partial charge on any atom is -0.505 e. The van der Waals surface area contributed by atoms with Gasteiger partial charge in [0.1, 0.15) is 5.75 Å². The van der Waals surface area contributed by atoms with E-state index in [1.165, 1.54) is 18.5 Å². The molecule has 1 unspecified atom stereocenters. The summed E-state index contributed by atoms with van der Waals surface area (Å²) in [7, 11) is 0. The lowest BCUT2D eigenvalue weighted by Gasteiger charge is -2.15. The zero-order valence-electron chi connectivity index (χ0n) is 10.5. The third kappa shape index (κ3) is 4.53. The van der Waals surface area contributed by atoms with Gasteiger partial charge in [-0.25, -0.2) is 0 Å². The fraction of sp³-hybridized carbons (Fsp3) is 0.538. The SMILES string of the molecule is CCCC(CCCl)CNC(=O)c1ccncc1O. The fourth-order valence-corrected chi connectivity index (χ4v) is 2.13. The molecule has 0 aliphatic heterocycles. The van der Waals surface area contributed by atoms with Crippen molar-refractivity contribution in [2.24, 2.45) is 5.92 Å². The van der Waals surface area contributed by atoms with Crippen LogP contribution in [0.1, 0.15) is 36.5 Å². The molecule has 1 atom stereocenters. The number of aromatic nitrogens is 1. The highest BCUT2D eigenvalue weighted by atomic mass is 35.5. The second-order valence-electron chi connectivity index (χ2n) is 4.24. The first kappa shape index (κ1) is 14.8. The Hall–Kier alpha value is -1.29. The molecule has 0 aliphatic carbocycles. The first-order valence-corrected chi connectivity index (χ1v) is 6.69. The summed E-state index contributed by atoms with van der Waals surface area (Å²) in [5.41, 5.74) is 0.256. The molecule has 1 rings (SSSR count). The van der Waals surface area contributed by atoms with E-state index in [0.717, 1.165) is 19.3 Å². The van der Waals surface area contributed by atoms with Crippen molar-refractivity contribution in [3.8, 4) is 5.75 Å². The van der Waals surface area contributed by atoms with E-state index in [1.807, 2.05) is 0 Å². The van der Waals surface area contributed by atoms with E-state index in [0.29, 0.717) is 18.3 Å². The maximum Gasteiger partial charge on any atom is 0.255 e. The Kier molecular flexibility index (Phi) is 6.50. The van der Waals surface area contributed by atoms with Crippen LogP contribution in [0.5, 0.6) is 5.75 Å². The van der Waals surface area contributed by atoms with Gasteiger partial charge in [0.2, 0.25) is 0 Å². The van der Waals surface area contributed by atoms with E-state index >= 15 is 0 Å². The Morgan fingerprint density at radius 2 is 2.33 bits per heavy atom. The quantitative estimate of drug-likeness (QED) is 0.749. The lowest BCUT2D eigenvalue weighted by atomic mass is 10.0. The Balaban J connectivity index is 2.52. The highest BCUT2D eigenvalue weighted by molar-refractivity contribution is 6.17. The van der Waals surface area contributed by atoms with Crippen molar-refractivity contribution in [1.82, 2.24) is 10.3 Å². The van der Waals surface area contributed by atoms with Crippen molar-refractivity contribution >= 4 is 17.5 Å². The smallest absolute Gasteiger partial charge is 0.255 e. The van der Waals surface area contributed by atoms with E-state index in [1.54, 1.807) is 0 Å². The number of amides is 1. The van der Waals surface area contributed by atoms with Gasteiger partial charge in [0, 0.05) is 18.6 Å². The molecule has 18 heavy (non-hydrogen) atoms. The van der Waals surface area contributed by atoms with Gasteiger partial charge in [0.15, 0.2) is 0 Å². The number of pyridine rings is 1. The Bertz CT molecular complexity index is 379. The van der Waals surface area contributed by atoms with Crippen molar-refractivity contribution in [3.05, 3.63) is 24.0 Å². The van der Waals surface area contributed by atoms with Crippen molar-refractivity contribution < 1.29 is 9.90 Å². The van der Waals surface area contributed by atoms with Crippen LogP contribution in [-0.2, 0) is 0 Å². The average Bonchev–Trinajstić information content (AvgIpc) is 2.36. The largest absolute Gasteiger partial charge is 0.505 e. The molecule has 0 radical (unpaired) electrons. The van der Waals surface area contributed by atoms with Crippen molar-refractivity contribution in [2.75, 3.05) is 12.4 Å². The Labute approximate surface area is 112 Å². The predicted molar refractivity (Wildman–Crippen MR) is 72.0 cm³/mol. The standard InChI is InChI=1S/C13H19ClN2O2/c1-2-3-10(4-6-14)8-16-13(18)11-5-7-15-9-12(11)17/h5,7,9-10,17H,2-4,6,8H2,1H3,(H,16,18). The Morgan fingerprint density at radius 3 is 2.94 bits per heavy atom. The molecule has 1 aromatic heterocycles. The van der Waals surface area contributed by atoms with Gasteiger partial charge in [0.05, 0.1) is 11.8 Å². The van der Waals surface area contributed by atoms with Gasteiger partial charge in [-0.15, -0.1) is 11.6 Å². The Morgan fingerprint density at radius 1 is 1.56 bits per heavy atom. The van der Waals surface area contributed by atoms with Gasteiger partial charge in [-0.1, -0.05) is 13.3 Å². The van der Waals surface area contributed by atoms with E-state index in [9.17, 15) is 9.90 Å². The van der Waals surface area contributed by atoms with Gasteiger partial charge < -0.3 is 10.4 Å². The molecule has 0 saturated heterocycles. The minimum absolute atomic E-state index is 0.0978. The second-order valence-corrected chi connectivity index (χ2v) is 4.61. The normalized spacial score (nSPS) is 12.1. The number of carbonyl (C=O) groups is 1. The summed E-state index contributed by atoms with van der Waals surface area (Å²) < 4.78 is 0. The second kappa shape index (κ2) is 7.93. The molecule has 4 nitrogen and oxygen atoms in total. The molecule has 0 fully saturated rings. The summed E-state index contributed by atoms with van der Waals surface area (Å²) in [5.74, 6) is 0.617. The maximum absolute atomic E-state index is 11.8. The topological polar surface area (TPSA) is 62.2 Å². The van der Waals surface area contributed by atoms with Crippen LogP contribution in [-0.4, -0.2) is 28.4 Å². The first-order valence-electron chi connectivity index (χ1n) is 6.16. The predicted octanol–water partition coefficient (Wildman–Crippen LogP) is 2.56. The molecule has 0 bridgehead atoms. The average molecular weight is 271 g/mol. The van der Waals surface area contributed by atoms with Crippen LogP contribution in [0.4, 0.5) is 0 Å². The molecule has 0 saturated carbocycles. The molecule has 100 valence electrons. The number of nitrogens with zero attached hydrogens (tertiary/aromatic N) is 1. The summed E-state index contributed by atoms with van der Waals surface area (Å²) in [6.07, 6.45) is 5.74. The summed E-state index contributed by atoms with van der Waals surface area (Å²) in [5, 5.41) is 12.3. The number of hydrogen-bond donors (Lipinski definition) is 2. The van der Waals surface area contributed by atoms with E-state index in [4.69, 9.17) is 11.6 Å². The number of rotatable bonds is 7. The van der Waals surface area contributed by atoms with Gasteiger partial charge in [-0.05, 0) is 24.8 Å². The summed E-state index contributed by atoms with van der Waals surface area (Å²) in [4.78, 5) is 15.6. The molecule has 1 aromatic rings. The minimum atomic E-state index is -0.273.